The van der Waals surface area contributed by atoms with Crippen molar-refractivity contribution in [2.75, 3.05) is 20.2 Å². The summed E-state index contributed by atoms with van der Waals surface area (Å²) in [5, 5.41) is 0. The number of benzene rings is 1. The molecule has 1 aliphatic heterocycles. The van der Waals surface area contributed by atoms with Crippen LogP contribution in [0.2, 0.25) is 0 Å². The van der Waals surface area contributed by atoms with Gasteiger partial charge in [0, 0.05) is 31.3 Å². The van der Waals surface area contributed by atoms with Crippen molar-refractivity contribution in [3.63, 3.8) is 0 Å². The molecular formula is C19H22N2O3. The highest BCUT2D eigenvalue weighted by atomic mass is 16.5. The zero-order chi connectivity index (χ0) is 17.1. The zero-order valence-electron chi connectivity index (χ0n) is 14.0. The number of carbonyl (C=O) groups excluding carboxylic acids is 1. The number of piperidine rings is 1. The van der Waals surface area contributed by atoms with Crippen LogP contribution in [0.5, 0.6) is 5.75 Å². The Morgan fingerprint density at radius 2 is 2.17 bits per heavy atom. The maximum atomic E-state index is 12.7. The minimum Gasteiger partial charge on any atom is -0.491 e. The fourth-order valence-electron chi connectivity index (χ4n) is 3.27. The van der Waals surface area contributed by atoms with Crippen LogP contribution in [0, 0.1) is 6.92 Å². The molecule has 126 valence electrons. The number of aromatic amines is 1. The van der Waals surface area contributed by atoms with Gasteiger partial charge in [0.25, 0.3) is 5.91 Å². The van der Waals surface area contributed by atoms with Crippen LogP contribution in [0.4, 0.5) is 0 Å². The maximum Gasteiger partial charge on any atom is 0.270 e. The van der Waals surface area contributed by atoms with Crippen LogP contribution in [-0.2, 0) is 0 Å². The molecule has 0 aliphatic carbocycles. The van der Waals surface area contributed by atoms with E-state index < -0.39 is 0 Å². The molecule has 5 nitrogen and oxygen atoms in total. The molecule has 1 saturated heterocycles. The largest absolute Gasteiger partial charge is 0.491 e. The van der Waals surface area contributed by atoms with Gasteiger partial charge >= 0.3 is 0 Å². The Labute approximate surface area is 141 Å². The second kappa shape index (κ2) is 6.91. The van der Waals surface area contributed by atoms with Gasteiger partial charge in [-0.1, -0.05) is 29.8 Å². The number of nitrogens with zero attached hydrogens (tertiary/aromatic N) is 1. The number of hydrogen-bond donors (Lipinski definition) is 1. The lowest BCUT2D eigenvalue weighted by atomic mass is 9.89. The van der Waals surface area contributed by atoms with Crippen molar-refractivity contribution in [2.24, 2.45) is 0 Å². The fourth-order valence-corrected chi connectivity index (χ4v) is 3.27. The highest BCUT2D eigenvalue weighted by Gasteiger charge is 2.26. The molecule has 1 N–H and O–H groups in total. The summed E-state index contributed by atoms with van der Waals surface area (Å²) in [6.45, 7) is 3.48. The average Bonchev–Trinajstić information content (AvgIpc) is 2.61. The fraction of sp³-hybridized carbons (Fsp3) is 0.368. The minimum atomic E-state index is -0.285. The Hall–Kier alpha value is -2.56. The van der Waals surface area contributed by atoms with Crippen LogP contribution in [0.15, 0.2) is 41.3 Å². The number of pyridine rings is 1. The molecule has 1 aromatic heterocycles. The predicted octanol–water partition coefficient (Wildman–Crippen LogP) is 2.71. The number of likely N-dealkylation sites (tertiary alicyclic amines) is 1. The SMILES string of the molecule is COc1c[nH]c(C(=O)N2CCC[C@@H](c3cccc(C)c3)C2)cc1=O. The van der Waals surface area contributed by atoms with E-state index in [1.807, 2.05) is 4.90 Å². The van der Waals surface area contributed by atoms with Gasteiger partial charge in [-0.2, -0.15) is 0 Å². The summed E-state index contributed by atoms with van der Waals surface area (Å²) >= 11 is 0. The van der Waals surface area contributed by atoms with Gasteiger partial charge in [0.2, 0.25) is 5.43 Å². The van der Waals surface area contributed by atoms with Crippen molar-refractivity contribution in [3.8, 4) is 5.75 Å². The van der Waals surface area contributed by atoms with E-state index in [-0.39, 0.29) is 17.1 Å². The molecule has 2 aromatic rings. The third-order valence-corrected chi connectivity index (χ3v) is 4.55. The van der Waals surface area contributed by atoms with Gasteiger partial charge in [-0.05, 0) is 25.3 Å². The molecule has 1 aliphatic rings. The number of nitrogens with one attached hydrogen (secondary N) is 1. The molecular weight excluding hydrogens is 304 g/mol. The first-order valence-electron chi connectivity index (χ1n) is 8.21. The average molecular weight is 326 g/mol. The number of aromatic nitrogens is 1. The molecule has 1 fully saturated rings. The van der Waals surface area contributed by atoms with Gasteiger partial charge < -0.3 is 14.6 Å². The highest BCUT2D eigenvalue weighted by molar-refractivity contribution is 5.92. The van der Waals surface area contributed by atoms with Crippen LogP contribution in [0.3, 0.4) is 0 Å². The van der Waals surface area contributed by atoms with E-state index >= 15 is 0 Å². The standard InChI is InChI=1S/C19H22N2O3/c1-13-5-3-6-14(9-13)15-7-4-8-21(12-15)19(23)16-10-17(22)18(24-2)11-20-16/h3,5-6,9-11,15H,4,7-8,12H2,1-2H3,(H,20,22)/t15-/m1/s1. The van der Waals surface area contributed by atoms with Gasteiger partial charge in [0.05, 0.1) is 7.11 Å². The van der Waals surface area contributed by atoms with E-state index in [1.165, 1.54) is 30.5 Å². The van der Waals surface area contributed by atoms with Gasteiger partial charge in [0.15, 0.2) is 5.75 Å². The first-order chi connectivity index (χ1) is 11.6. The minimum absolute atomic E-state index is 0.132. The molecule has 1 amide bonds. The first-order valence-corrected chi connectivity index (χ1v) is 8.21. The van der Waals surface area contributed by atoms with E-state index in [2.05, 4.69) is 36.2 Å². The van der Waals surface area contributed by atoms with E-state index in [0.717, 1.165) is 19.4 Å². The smallest absolute Gasteiger partial charge is 0.270 e. The van der Waals surface area contributed by atoms with Crippen LogP contribution in [-0.4, -0.2) is 36.0 Å². The molecule has 0 radical (unpaired) electrons. The monoisotopic (exact) mass is 326 g/mol. The van der Waals surface area contributed by atoms with Gasteiger partial charge in [-0.25, -0.2) is 0 Å². The van der Waals surface area contributed by atoms with Crippen molar-refractivity contribution in [1.29, 1.82) is 0 Å². The van der Waals surface area contributed by atoms with E-state index in [4.69, 9.17) is 4.74 Å². The third-order valence-electron chi connectivity index (χ3n) is 4.55. The number of rotatable bonds is 3. The lowest BCUT2D eigenvalue weighted by molar-refractivity contribution is 0.0701. The number of H-pyrrole nitrogens is 1. The Bertz CT molecular complexity index is 797. The quantitative estimate of drug-likeness (QED) is 0.943. The van der Waals surface area contributed by atoms with Crippen LogP contribution in [0.1, 0.15) is 40.4 Å². The van der Waals surface area contributed by atoms with Gasteiger partial charge in [0.1, 0.15) is 5.69 Å². The van der Waals surface area contributed by atoms with Crippen molar-refractivity contribution in [3.05, 3.63) is 63.6 Å². The van der Waals surface area contributed by atoms with Crippen LogP contribution < -0.4 is 10.2 Å². The summed E-state index contributed by atoms with van der Waals surface area (Å²) < 4.78 is 4.94. The maximum absolute atomic E-state index is 12.7. The van der Waals surface area contributed by atoms with E-state index in [9.17, 15) is 9.59 Å². The summed E-state index contributed by atoms with van der Waals surface area (Å²) in [6.07, 6.45) is 3.48. The lowest BCUT2D eigenvalue weighted by Crippen LogP contribution is -2.39. The Morgan fingerprint density at radius 3 is 2.88 bits per heavy atom. The Balaban J connectivity index is 1.78. The summed E-state index contributed by atoms with van der Waals surface area (Å²) in [4.78, 5) is 29.3. The first kappa shape index (κ1) is 16.3. The van der Waals surface area contributed by atoms with Crippen LogP contribution in [0.25, 0.3) is 0 Å². The van der Waals surface area contributed by atoms with Gasteiger partial charge in [-0.15, -0.1) is 0 Å². The number of carbonyl (C=O) groups is 1. The number of hydrogen-bond acceptors (Lipinski definition) is 3. The number of ether oxygens (including phenoxy) is 1. The summed E-state index contributed by atoms with van der Waals surface area (Å²) in [6, 6.07) is 9.77. The molecule has 2 heterocycles. The molecule has 24 heavy (non-hydrogen) atoms. The van der Waals surface area contributed by atoms with Crippen molar-refractivity contribution < 1.29 is 9.53 Å². The van der Waals surface area contributed by atoms with E-state index in [1.54, 1.807) is 0 Å². The number of aryl methyl sites for hydroxylation is 1. The lowest BCUT2D eigenvalue weighted by Gasteiger charge is -2.33. The number of methoxy groups -OCH3 is 1. The van der Waals surface area contributed by atoms with Crippen LogP contribution >= 0.6 is 0 Å². The second-order valence-electron chi connectivity index (χ2n) is 6.28. The Morgan fingerprint density at radius 1 is 1.33 bits per heavy atom. The second-order valence-corrected chi connectivity index (χ2v) is 6.28. The molecule has 1 aromatic carbocycles. The van der Waals surface area contributed by atoms with Crippen molar-refractivity contribution in [2.45, 2.75) is 25.7 Å². The highest BCUT2D eigenvalue weighted by Crippen LogP contribution is 2.28. The molecule has 0 unspecified atom stereocenters. The normalized spacial score (nSPS) is 17.6. The number of amides is 1. The van der Waals surface area contributed by atoms with Crippen molar-refractivity contribution >= 4 is 5.91 Å². The van der Waals surface area contributed by atoms with Gasteiger partial charge in [-0.3, -0.25) is 9.59 Å². The van der Waals surface area contributed by atoms with E-state index in [0.29, 0.717) is 18.2 Å². The predicted molar refractivity (Wildman–Crippen MR) is 92.7 cm³/mol. The summed E-state index contributed by atoms with van der Waals surface area (Å²) in [5.74, 6) is 0.419. The molecule has 0 bridgehead atoms. The Kier molecular flexibility index (Phi) is 4.69. The molecule has 0 saturated carbocycles. The molecule has 1 atom stereocenters. The topological polar surface area (TPSA) is 62.4 Å². The summed E-state index contributed by atoms with van der Waals surface area (Å²) in [7, 11) is 1.43. The third kappa shape index (κ3) is 3.35. The molecule has 0 spiro atoms. The molecule has 5 heteroatoms. The summed E-state index contributed by atoms with van der Waals surface area (Å²) in [5.41, 5.74) is 2.53. The zero-order valence-corrected chi connectivity index (χ0v) is 14.0. The van der Waals surface area contributed by atoms with Crippen molar-refractivity contribution in [1.82, 2.24) is 9.88 Å². The molecule has 3 rings (SSSR count).